The van der Waals surface area contributed by atoms with E-state index in [0.717, 1.165) is 38.4 Å². The van der Waals surface area contributed by atoms with Crippen LogP contribution in [0.15, 0.2) is 54.2 Å². The highest BCUT2D eigenvalue weighted by Gasteiger charge is 2.33. The van der Waals surface area contributed by atoms with Gasteiger partial charge in [0.25, 0.3) is 0 Å². The van der Waals surface area contributed by atoms with Crippen LogP contribution in [0.5, 0.6) is 0 Å². The number of aliphatic hydroxyl groups is 1. The number of hydrogen-bond acceptors (Lipinski definition) is 6. The molecule has 0 amide bonds. The van der Waals surface area contributed by atoms with Crippen LogP contribution in [0.4, 0.5) is 5.82 Å². The van der Waals surface area contributed by atoms with Gasteiger partial charge in [0, 0.05) is 29.3 Å². The number of fused-ring (bicyclic) bond motifs is 2. The summed E-state index contributed by atoms with van der Waals surface area (Å²) in [4.78, 5) is 15.2. The lowest BCUT2D eigenvalue weighted by Gasteiger charge is -2.30. The van der Waals surface area contributed by atoms with Gasteiger partial charge in [-0.2, -0.15) is 0 Å². The molecule has 0 spiro atoms. The number of nitrogens with two attached hydrogens (primary N) is 1. The Morgan fingerprint density at radius 3 is 2.81 bits per heavy atom. The second-order valence-corrected chi connectivity index (χ2v) is 9.23. The Hall–Kier alpha value is -3.00. The predicted octanol–water partition coefficient (Wildman–Crippen LogP) is 5.15. The summed E-state index contributed by atoms with van der Waals surface area (Å²) >= 11 is 8.37. The summed E-state index contributed by atoms with van der Waals surface area (Å²) in [5.74, 6) is 1.45. The zero-order valence-corrected chi connectivity index (χ0v) is 17.9. The Bertz CT molecular complexity index is 1440. The maximum atomic E-state index is 9.79. The molecule has 0 bridgehead atoms. The second kappa shape index (κ2) is 7.02. The molecule has 154 valence electrons. The van der Waals surface area contributed by atoms with E-state index in [2.05, 4.69) is 11.1 Å². The van der Waals surface area contributed by atoms with Gasteiger partial charge in [0.05, 0.1) is 27.2 Å². The van der Waals surface area contributed by atoms with Gasteiger partial charge in [-0.05, 0) is 42.5 Å². The molecule has 1 aliphatic rings. The summed E-state index contributed by atoms with van der Waals surface area (Å²) < 4.78 is 1.98. The largest absolute Gasteiger partial charge is 0.393 e. The van der Waals surface area contributed by atoms with Gasteiger partial charge in [-0.25, -0.2) is 15.0 Å². The van der Waals surface area contributed by atoms with Crippen molar-refractivity contribution in [2.45, 2.75) is 24.9 Å². The Morgan fingerprint density at radius 1 is 1.16 bits per heavy atom. The van der Waals surface area contributed by atoms with E-state index in [4.69, 9.17) is 27.3 Å². The molecular weight excluding hydrogens is 430 g/mol. The SMILES string of the molecule is Nc1nccn2c(C3CC(O)C3)nc(-c3cc4nc(-c5cccs5)ccc4cc3Cl)c12. The van der Waals surface area contributed by atoms with Crippen LogP contribution in [0.2, 0.25) is 5.02 Å². The van der Waals surface area contributed by atoms with E-state index in [9.17, 15) is 5.11 Å². The standard InChI is InChI=1S/C23H18ClN5OS/c24-16-10-12-3-4-17(19-2-1-7-31-19)27-18(12)11-15(16)20-21-22(25)26-5-6-29(21)23(28-20)13-8-14(30)9-13/h1-7,10-11,13-14,30H,8-9H2,(H2,25,26). The first-order chi connectivity index (χ1) is 15.1. The van der Waals surface area contributed by atoms with Crippen LogP contribution >= 0.6 is 22.9 Å². The summed E-state index contributed by atoms with van der Waals surface area (Å²) in [6.07, 6.45) is 4.65. The lowest BCUT2D eigenvalue weighted by atomic mass is 9.82. The van der Waals surface area contributed by atoms with Crippen molar-refractivity contribution < 1.29 is 5.11 Å². The van der Waals surface area contributed by atoms with E-state index in [1.807, 2.05) is 46.3 Å². The van der Waals surface area contributed by atoms with Gasteiger partial charge >= 0.3 is 0 Å². The molecule has 3 N–H and O–H groups in total. The molecule has 8 heteroatoms. The molecule has 4 heterocycles. The van der Waals surface area contributed by atoms with Gasteiger partial charge in [-0.3, -0.25) is 4.40 Å². The van der Waals surface area contributed by atoms with Crippen molar-refractivity contribution in [3.63, 3.8) is 0 Å². The van der Waals surface area contributed by atoms with Gasteiger partial charge in [0.1, 0.15) is 22.9 Å². The number of nitrogens with zero attached hydrogens (tertiary/aromatic N) is 4. The first kappa shape index (κ1) is 18.7. The van der Waals surface area contributed by atoms with Crippen molar-refractivity contribution >= 4 is 45.2 Å². The van der Waals surface area contributed by atoms with E-state index in [-0.39, 0.29) is 12.0 Å². The fraction of sp³-hybridized carbons (Fsp3) is 0.174. The van der Waals surface area contributed by atoms with E-state index < -0.39 is 0 Å². The highest BCUT2D eigenvalue weighted by Crippen LogP contribution is 2.41. The Balaban J connectivity index is 1.56. The number of benzene rings is 1. The molecule has 6 rings (SSSR count). The molecule has 4 aromatic heterocycles. The number of halogens is 1. The normalized spacial score (nSPS) is 18.5. The number of pyridine rings is 1. The highest BCUT2D eigenvalue weighted by molar-refractivity contribution is 7.13. The lowest BCUT2D eigenvalue weighted by Crippen LogP contribution is -2.27. The van der Waals surface area contributed by atoms with Crippen LogP contribution < -0.4 is 5.73 Å². The van der Waals surface area contributed by atoms with E-state index in [1.54, 1.807) is 17.5 Å². The summed E-state index contributed by atoms with van der Waals surface area (Å²) in [7, 11) is 0. The zero-order valence-electron chi connectivity index (χ0n) is 16.4. The minimum atomic E-state index is -0.274. The minimum Gasteiger partial charge on any atom is -0.393 e. The third kappa shape index (κ3) is 3.00. The molecule has 1 saturated carbocycles. The topological polar surface area (TPSA) is 89.3 Å². The Kier molecular flexibility index (Phi) is 4.24. The number of nitrogen functional groups attached to an aromatic ring is 1. The summed E-state index contributed by atoms with van der Waals surface area (Å²) in [5, 5.41) is 13.4. The van der Waals surface area contributed by atoms with Crippen LogP contribution in [0.3, 0.4) is 0 Å². The van der Waals surface area contributed by atoms with Crippen LogP contribution in [-0.4, -0.2) is 30.6 Å². The van der Waals surface area contributed by atoms with Crippen LogP contribution in [0, 0.1) is 0 Å². The molecular formula is C23H18ClN5OS. The first-order valence-corrected chi connectivity index (χ1v) is 11.3. The number of aliphatic hydroxyl groups excluding tert-OH is 1. The zero-order chi connectivity index (χ0) is 21.1. The lowest BCUT2D eigenvalue weighted by molar-refractivity contribution is 0.0715. The monoisotopic (exact) mass is 447 g/mol. The summed E-state index contributed by atoms with van der Waals surface area (Å²) in [6, 6.07) is 12.0. The number of rotatable bonds is 3. The maximum Gasteiger partial charge on any atom is 0.150 e. The molecule has 31 heavy (non-hydrogen) atoms. The number of thiophene rings is 1. The van der Waals surface area contributed by atoms with Crippen LogP contribution in [-0.2, 0) is 0 Å². The fourth-order valence-electron chi connectivity index (χ4n) is 4.25. The highest BCUT2D eigenvalue weighted by atomic mass is 35.5. The van der Waals surface area contributed by atoms with Crippen LogP contribution in [0.25, 0.3) is 38.2 Å². The average molecular weight is 448 g/mol. The molecule has 5 aromatic rings. The Labute approximate surface area is 187 Å². The smallest absolute Gasteiger partial charge is 0.150 e. The molecule has 0 unspecified atom stereocenters. The molecule has 1 aliphatic carbocycles. The fourth-order valence-corrected chi connectivity index (χ4v) is 5.20. The Morgan fingerprint density at radius 2 is 2.03 bits per heavy atom. The van der Waals surface area contributed by atoms with E-state index in [1.165, 1.54) is 0 Å². The molecule has 0 aliphatic heterocycles. The van der Waals surface area contributed by atoms with Gasteiger partial charge < -0.3 is 10.8 Å². The van der Waals surface area contributed by atoms with Crippen molar-refractivity contribution in [1.29, 1.82) is 0 Å². The van der Waals surface area contributed by atoms with Crippen molar-refractivity contribution in [3.8, 4) is 21.8 Å². The molecule has 6 nitrogen and oxygen atoms in total. The number of aromatic nitrogens is 4. The summed E-state index contributed by atoms with van der Waals surface area (Å²) in [6.45, 7) is 0. The minimum absolute atomic E-state index is 0.181. The van der Waals surface area contributed by atoms with Gasteiger partial charge in [0.2, 0.25) is 0 Å². The number of hydrogen-bond donors (Lipinski definition) is 2. The number of imidazole rings is 1. The third-order valence-corrected chi connectivity index (χ3v) is 7.10. The summed E-state index contributed by atoms with van der Waals surface area (Å²) in [5.41, 5.74) is 10.2. The predicted molar refractivity (Wildman–Crippen MR) is 124 cm³/mol. The van der Waals surface area contributed by atoms with Crippen molar-refractivity contribution in [1.82, 2.24) is 19.4 Å². The molecule has 1 aromatic carbocycles. The van der Waals surface area contributed by atoms with E-state index >= 15 is 0 Å². The molecule has 0 saturated heterocycles. The van der Waals surface area contributed by atoms with Gasteiger partial charge in [-0.1, -0.05) is 23.7 Å². The van der Waals surface area contributed by atoms with E-state index in [0.29, 0.717) is 29.4 Å². The van der Waals surface area contributed by atoms with Gasteiger partial charge in [-0.15, -0.1) is 11.3 Å². The quantitative estimate of drug-likeness (QED) is 0.399. The number of anilines is 1. The van der Waals surface area contributed by atoms with Crippen molar-refractivity contribution in [2.24, 2.45) is 0 Å². The third-order valence-electron chi connectivity index (χ3n) is 5.90. The van der Waals surface area contributed by atoms with Crippen molar-refractivity contribution in [3.05, 3.63) is 65.0 Å². The first-order valence-electron chi connectivity index (χ1n) is 10.0. The average Bonchev–Trinajstić information content (AvgIpc) is 3.40. The molecule has 0 radical (unpaired) electrons. The second-order valence-electron chi connectivity index (χ2n) is 7.87. The van der Waals surface area contributed by atoms with Gasteiger partial charge in [0.15, 0.2) is 0 Å². The molecule has 0 atom stereocenters. The maximum absolute atomic E-state index is 9.79. The van der Waals surface area contributed by atoms with Crippen LogP contribution in [0.1, 0.15) is 24.6 Å². The molecule has 1 fully saturated rings. The van der Waals surface area contributed by atoms with Crippen molar-refractivity contribution in [2.75, 3.05) is 5.73 Å².